The average Bonchev–Trinajstić information content (AvgIpc) is 2.44. The van der Waals surface area contributed by atoms with E-state index in [4.69, 9.17) is 15.3 Å². The van der Waals surface area contributed by atoms with Gasteiger partial charge < -0.3 is 15.3 Å². The fourth-order valence-electron chi connectivity index (χ4n) is 1.81. The lowest BCUT2D eigenvalue weighted by Gasteiger charge is -2.00. The van der Waals surface area contributed by atoms with Crippen LogP contribution in [0.15, 0.2) is 0 Å². The van der Waals surface area contributed by atoms with Gasteiger partial charge in [0.05, 0.1) is 12.8 Å². The Bertz CT molecular complexity index is 217. The van der Waals surface area contributed by atoms with Gasteiger partial charge in [-0.2, -0.15) is 0 Å². The van der Waals surface area contributed by atoms with E-state index in [1.165, 1.54) is 57.8 Å². The van der Waals surface area contributed by atoms with Gasteiger partial charge in [-0.1, -0.05) is 64.7 Å². The van der Waals surface area contributed by atoms with Crippen LogP contribution in [0.25, 0.3) is 0 Å². The molecule has 0 bridgehead atoms. The zero-order valence-corrected chi connectivity index (χ0v) is 13.4. The highest BCUT2D eigenvalue weighted by atomic mass is 16.4. The van der Waals surface area contributed by atoms with Gasteiger partial charge in [-0.15, -0.1) is 0 Å². The molecule has 0 spiro atoms. The number of carboxylic acids is 2. The fourth-order valence-corrected chi connectivity index (χ4v) is 1.81. The van der Waals surface area contributed by atoms with Gasteiger partial charge in [0.15, 0.2) is 0 Å². The molecule has 0 aliphatic heterocycles. The summed E-state index contributed by atoms with van der Waals surface area (Å²) < 4.78 is 0. The molecule has 0 aliphatic rings. The first-order valence-corrected chi connectivity index (χ1v) is 8.09. The fraction of sp³-hybridized carbons (Fsp3) is 0.875. The third-order valence-electron chi connectivity index (χ3n) is 3.06. The molecule has 0 radical (unpaired) electrons. The van der Waals surface area contributed by atoms with Crippen LogP contribution in [0.3, 0.4) is 0 Å². The molecule has 0 aromatic heterocycles. The molecule has 0 saturated heterocycles. The van der Waals surface area contributed by atoms with Crippen molar-refractivity contribution in [3.63, 3.8) is 0 Å². The second-order valence-corrected chi connectivity index (χ2v) is 5.19. The lowest BCUT2D eigenvalue weighted by Crippen LogP contribution is -2.00. The van der Waals surface area contributed by atoms with E-state index in [2.05, 4.69) is 6.92 Å². The summed E-state index contributed by atoms with van der Waals surface area (Å²) in [5.74, 6) is -2.15. The van der Waals surface area contributed by atoms with Crippen LogP contribution < -0.4 is 0 Å². The molecule has 0 atom stereocenters. The summed E-state index contributed by atoms with van der Waals surface area (Å²) in [6.07, 6.45) is 12.7. The molecule has 0 aromatic rings. The van der Waals surface area contributed by atoms with Crippen LogP contribution in [0, 0.1) is 0 Å². The zero-order valence-electron chi connectivity index (χ0n) is 13.4. The van der Waals surface area contributed by atoms with Crippen molar-refractivity contribution in [2.75, 3.05) is 6.61 Å². The van der Waals surface area contributed by atoms with Crippen molar-refractivity contribution >= 4 is 11.9 Å². The summed E-state index contributed by atoms with van der Waals surface area (Å²) in [6.45, 7) is 2.63. The number of aliphatic carboxylic acids is 2. The largest absolute Gasteiger partial charge is 0.481 e. The second-order valence-electron chi connectivity index (χ2n) is 5.19. The van der Waals surface area contributed by atoms with Crippen LogP contribution in [-0.4, -0.2) is 33.9 Å². The molecule has 0 amide bonds. The number of carboxylic acid groups (broad SMARTS) is 2. The molecular weight excluding hydrogens is 272 g/mol. The highest BCUT2D eigenvalue weighted by molar-refractivity contribution is 5.75. The number of aliphatic hydroxyl groups excluding tert-OH is 1. The highest BCUT2D eigenvalue weighted by Crippen LogP contribution is 2.09. The number of hydrogen-bond donors (Lipinski definition) is 3. The minimum atomic E-state index is -1.08. The Morgan fingerprint density at radius 2 is 1.00 bits per heavy atom. The van der Waals surface area contributed by atoms with E-state index in [0.29, 0.717) is 6.61 Å². The molecule has 126 valence electrons. The molecule has 5 heteroatoms. The Labute approximate surface area is 128 Å². The van der Waals surface area contributed by atoms with Gasteiger partial charge in [0.25, 0.3) is 0 Å². The van der Waals surface area contributed by atoms with Gasteiger partial charge in [0, 0.05) is 6.61 Å². The highest BCUT2D eigenvalue weighted by Gasteiger charge is 2.00. The SMILES string of the molecule is CCCCCCCCCCCCO.O=C(O)CCC(=O)O. The maximum atomic E-state index is 9.64. The number of carbonyl (C=O) groups is 2. The maximum absolute atomic E-state index is 9.64. The van der Waals surface area contributed by atoms with Crippen molar-refractivity contribution in [2.24, 2.45) is 0 Å². The summed E-state index contributed by atoms with van der Waals surface area (Å²) in [4.78, 5) is 19.3. The minimum absolute atomic E-state index is 0.296. The van der Waals surface area contributed by atoms with E-state index in [1.807, 2.05) is 0 Å². The van der Waals surface area contributed by atoms with E-state index in [1.54, 1.807) is 0 Å². The molecule has 3 N–H and O–H groups in total. The van der Waals surface area contributed by atoms with Crippen molar-refractivity contribution in [1.29, 1.82) is 0 Å². The summed E-state index contributed by atoms with van der Waals surface area (Å²) in [7, 11) is 0. The monoisotopic (exact) mass is 304 g/mol. The Hall–Kier alpha value is -1.10. The van der Waals surface area contributed by atoms with Crippen LogP contribution in [0.4, 0.5) is 0 Å². The molecule has 0 saturated carbocycles. The van der Waals surface area contributed by atoms with E-state index in [-0.39, 0.29) is 12.8 Å². The standard InChI is InChI=1S/C12H26O.C4H6O4/c1-2-3-4-5-6-7-8-9-10-11-12-13;5-3(6)1-2-4(7)8/h13H,2-12H2,1H3;1-2H2,(H,5,6)(H,7,8). The predicted octanol–water partition coefficient (Wildman–Crippen LogP) is 3.84. The van der Waals surface area contributed by atoms with Crippen LogP contribution in [0.1, 0.15) is 84.0 Å². The maximum Gasteiger partial charge on any atom is 0.303 e. The summed E-state index contributed by atoms with van der Waals surface area (Å²) in [6, 6.07) is 0. The van der Waals surface area contributed by atoms with Crippen LogP contribution in [0.5, 0.6) is 0 Å². The Morgan fingerprint density at radius 1 is 0.667 bits per heavy atom. The Balaban J connectivity index is 0. The third-order valence-corrected chi connectivity index (χ3v) is 3.06. The van der Waals surface area contributed by atoms with E-state index < -0.39 is 11.9 Å². The second kappa shape index (κ2) is 18.9. The van der Waals surface area contributed by atoms with Crippen molar-refractivity contribution in [3.05, 3.63) is 0 Å². The minimum Gasteiger partial charge on any atom is -0.481 e. The number of aliphatic hydroxyl groups is 1. The molecule has 0 heterocycles. The van der Waals surface area contributed by atoms with Crippen molar-refractivity contribution in [3.8, 4) is 0 Å². The summed E-state index contributed by atoms with van der Waals surface area (Å²) in [5.41, 5.74) is 0. The first-order valence-electron chi connectivity index (χ1n) is 8.09. The summed E-state index contributed by atoms with van der Waals surface area (Å²) >= 11 is 0. The number of rotatable bonds is 13. The first-order chi connectivity index (χ1) is 10.0. The van der Waals surface area contributed by atoms with Crippen LogP contribution in [-0.2, 0) is 9.59 Å². The molecule has 5 nitrogen and oxygen atoms in total. The average molecular weight is 304 g/mol. The Morgan fingerprint density at radius 3 is 1.29 bits per heavy atom. The predicted molar refractivity (Wildman–Crippen MR) is 83.4 cm³/mol. The van der Waals surface area contributed by atoms with Gasteiger partial charge in [-0.05, 0) is 6.42 Å². The molecule has 0 aliphatic carbocycles. The van der Waals surface area contributed by atoms with E-state index >= 15 is 0 Å². The molecule has 0 rings (SSSR count). The lowest BCUT2D eigenvalue weighted by molar-refractivity contribution is -0.143. The molecule has 0 fully saturated rings. The zero-order chi connectivity index (χ0) is 16.3. The first kappa shape index (κ1) is 22.2. The van der Waals surface area contributed by atoms with Gasteiger partial charge in [-0.25, -0.2) is 0 Å². The topological polar surface area (TPSA) is 94.8 Å². The van der Waals surface area contributed by atoms with Crippen molar-refractivity contribution < 1.29 is 24.9 Å². The van der Waals surface area contributed by atoms with E-state index in [9.17, 15) is 9.59 Å². The third kappa shape index (κ3) is 27.9. The molecular formula is C16H32O5. The van der Waals surface area contributed by atoms with Gasteiger partial charge in [0.1, 0.15) is 0 Å². The van der Waals surface area contributed by atoms with Gasteiger partial charge in [0.2, 0.25) is 0 Å². The van der Waals surface area contributed by atoms with Crippen LogP contribution in [0.2, 0.25) is 0 Å². The van der Waals surface area contributed by atoms with E-state index in [0.717, 1.165) is 6.42 Å². The van der Waals surface area contributed by atoms with Crippen LogP contribution >= 0.6 is 0 Å². The lowest BCUT2D eigenvalue weighted by atomic mass is 10.1. The quantitative estimate of drug-likeness (QED) is 0.449. The Kier molecular flexibility index (Phi) is 20.0. The van der Waals surface area contributed by atoms with Gasteiger partial charge in [-0.3, -0.25) is 9.59 Å². The molecule has 0 unspecified atom stereocenters. The smallest absolute Gasteiger partial charge is 0.303 e. The number of unbranched alkanes of at least 4 members (excludes halogenated alkanes) is 9. The number of hydrogen-bond acceptors (Lipinski definition) is 3. The van der Waals surface area contributed by atoms with Crippen molar-refractivity contribution in [1.82, 2.24) is 0 Å². The normalized spacial score (nSPS) is 9.81. The van der Waals surface area contributed by atoms with Gasteiger partial charge >= 0.3 is 11.9 Å². The molecule has 0 aromatic carbocycles. The summed E-state index contributed by atoms with van der Waals surface area (Å²) in [5, 5.41) is 24.4. The van der Waals surface area contributed by atoms with Crippen molar-refractivity contribution in [2.45, 2.75) is 84.0 Å². The molecule has 21 heavy (non-hydrogen) atoms.